The monoisotopic (exact) mass is 513 g/mol. The molecule has 0 spiro atoms. The maximum absolute atomic E-state index is 12.7. The lowest BCUT2D eigenvalue weighted by Gasteiger charge is -2.10. The molecule has 4 rings (SSSR count). The zero-order valence-corrected chi connectivity index (χ0v) is 19.6. The van der Waals surface area contributed by atoms with Gasteiger partial charge in [0, 0.05) is 11.1 Å². The van der Waals surface area contributed by atoms with Crippen LogP contribution in [0.15, 0.2) is 62.1 Å². The predicted octanol–water partition coefficient (Wildman–Crippen LogP) is 5.08. The molecule has 0 saturated heterocycles. The van der Waals surface area contributed by atoms with Gasteiger partial charge in [-0.25, -0.2) is 4.98 Å². The second-order valence-corrected chi connectivity index (χ2v) is 9.24. The SMILES string of the molecule is Cc1csc(C(C#N)C(=O)CSc2nnc(-c3ccc(Br)o3)n2Cc2ccccc2)n1. The summed E-state index contributed by atoms with van der Waals surface area (Å²) in [5.74, 6) is 0.139. The molecule has 0 radical (unpaired) electrons. The molecule has 0 amide bonds. The molecule has 4 aromatic rings. The Hall–Kier alpha value is -2.74. The van der Waals surface area contributed by atoms with Crippen LogP contribution in [0.4, 0.5) is 0 Å². The predicted molar refractivity (Wildman–Crippen MR) is 122 cm³/mol. The lowest BCUT2D eigenvalue weighted by molar-refractivity contribution is -0.116. The van der Waals surface area contributed by atoms with E-state index in [0.29, 0.717) is 33.0 Å². The fraction of sp³-hybridized carbons (Fsp3) is 0.190. The molecule has 7 nitrogen and oxygen atoms in total. The molecule has 0 aliphatic carbocycles. The molecule has 1 atom stereocenters. The second-order valence-electron chi connectivity index (χ2n) is 6.63. The number of furan rings is 1. The van der Waals surface area contributed by atoms with Gasteiger partial charge in [0.2, 0.25) is 5.82 Å². The summed E-state index contributed by atoms with van der Waals surface area (Å²) in [6, 6.07) is 15.6. The highest BCUT2D eigenvalue weighted by Gasteiger charge is 2.25. The zero-order valence-electron chi connectivity index (χ0n) is 16.4. The van der Waals surface area contributed by atoms with E-state index in [1.807, 2.05) is 53.3 Å². The first-order valence-corrected chi connectivity index (χ1v) is 11.9. The Labute approximate surface area is 195 Å². The Kier molecular flexibility index (Phi) is 6.65. The number of aromatic nitrogens is 4. The Balaban J connectivity index is 1.58. The van der Waals surface area contributed by atoms with E-state index in [1.165, 1.54) is 23.1 Å². The van der Waals surface area contributed by atoms with E-state index in [2.05, 4.69) is 37.2 Å². The normalized spacial score (nSPS) is 11.9. The van der Waals surface area contributed by atoms with Crippen LogP contribution in [0, 0.1) is 18.3 Å². The van der Waals surface area contributed by atoms with Crippen LogP contribution in [-0.4, -0.2) is 31.3 Å². The minimum absolute atomic E-state index is 0.0889. The van der Waals surface area contributed by atoms with Crippen LogP contribution in [0.2, 0.25) is 0 Å². The second kappa shape index (κ2) is 9.60. The van der Waals surface area contributed by atoms with E-state index >= 15 is 0 Å². The van der Waals surface area contributed by atoms with Crippen molar-refractivity contribution in [3.8, 4) is 17.7 Å². The average molecular weight is 514 g/mol. The van der Waals surface area contributed by atoms with Crippen molar-refractivity contribution in [3.63, 3.8) is 0 Å². The lowest BCUT2D eigenvalue weighted by atomic mass is 10.1. The van der Waals surface area contributed by atoms with E-state index in [9.17, 15) is 10.1 Å². The summed E-state index contributed by atoms with van der Waals surface area (Å²) in [7, 11) is 0. The highest BCUT2D eigenvalue weighted by molar-refractivity contribution is 9.10. The van der Waals surface area contributed by atoms with Crippen LogP contribution >= 0.6 is 39.0 Å². The van der Waals surface area contributed by atoms with Gasteiger partial charge in [-0.15, -0.1) is 21.5 Å². The molecule has 10 heteroatoms. The van der Waals surface area contributed by atoms with Crippen LogP contribution in [0.3, 0.4) is 0 Å². The Morgan fingerprint density at radius 2 is 2.10 bits per heavy atom. The van der Waals surface area contributed by atoms with Crippen molar-refractivity contribution in [3.05, 3.63) is 68.8 Å². The first-order valence-electron chi connectivity index (χ1n) is 9.25. The Morgan fingerprint density at radius 3 is 2.74 bits per heavy atom. The van der Waals surface area contributed by atoms with Gasteiger partial charge in [0.25, 0.3) is 0 Å². The van der Waals surface area contributed by atoms with E-state index in [4.69, 9.17) is 4.42 Å². The number of benzene rings is 1. The minimum Gasteiger partial charge on any atom is -0.446 e. The molecule has 156 valence electrons. The molecule has 0 fully saturated rings. The van der Waals surface area contributed by atoms with Gasteiger partial charge in [0.1, 0.15) is 5.01 Å². The fourth-order valence-electron chi connectivity index (χ4n) is 2.91. The van der Waals surface area contributed by atoms with Crippen molar-refractivity contribution in [2.45, 2.75) is 24.5 Å². The number of nitriles is 1. The molecule has 0 saturated carbocycles. The van der Waals surface area contributed by atoms with Crippen LogP contribution in [-0.2, 0) is 11.3 Å². The molecule has 3 heterocycles. The molecule has 0 bridgehead atoms. The maximum Gasteiger partial charge on any atom is 0.200 e. The van der Waals surface area contributed by atoms with Gasteiger partial charge in [-0.3, -0.25) is 9.36 Å². The van der Waals surface area contributed by atoms with Crippen molar-refractivity contribution in [1.82, 2.24) is 19.7 Å². The smallest absolute Gasteiger partial charge is 0.200 e. The first-order chi connectivity index (χ1) is 15.0. The molecule has 0 aliphatic rings. The van der Waals surface area contributed by atoms with Crippen molar-refractivity contribution in [2.24, 2.45) is 0 Å². The standard InChI is InChI=1S/C21H16BrN5O2S2/c1-13-11-30-20(24-13)15(9-23)16(28)12-31-21-26-25-19(17-7-8-18(22)29-17)27(21)10-14-5-3-2-4-6-14/h2-8,11,15H,10,12H2,1H3. The number of thiazole rings is 1. The highest BCUT2D eigenvalue weighted by atomic mass is 79.9. The third kappa shape index (κ3) is 4.95. The minimum atomic E-state index is -0.878. The van der Waals surface area contributed by atoms with Crippen LogP contribution in [0.5, 0.6) is 0 Å². The molecular formula is C21H16BrN5O2S2. The van der Waals surface area contributed by atoms with Crippen LogP contribution in [0.1, 0.15) is 22.2 Å². The van der Waals surface area contributed by atoms with E-state index < -0.39 is 5.92 Å². The molecule has 0 aliphatic heterocycles. The van der Waals surface area contributed by atoms with Gasteiger partial charge in [0.15, 0.2) is 27.3 Å². The summed E-state index contributed by atoms with van der Waals surface area (Å²) in [5.41, 5.74) is 1.87. The molecule has 31 heavy (non-hydrogen) atoms. The summed E-state index contributed by atoms with van der Waals surface area (Å²) in [6.07, 6.45) is 0. The number of aryl methyl sites for hydroxylation is 1. The Bertz CT molecular complexity index is 1240. The third-order valence-corrected chi connectivity index (χ3v) is 6.82. The Morgan fingerprint density at radius 1 is 1.29 bits per heavy atom. The van der Waals surface area contributed by atoms with Crippen molar-refractivity contribution >= 4 is 44.8 Å². The number of hydrogen-bond acceptors (Lipinski definition) is 8. The van der Waals surface area contributed by atoms with Crippen molar-refractivity contribution in [2.75, 3.05) is 5.75 Å². The number of carbonyl (C=O) groups excluding carboxylic acids is 1. The molecular weight excluding hydrogens is 498 g/mol. The zero-order chi connectivity index (χ0) is 21.8. The van der Waals surface area contributed by atoms with Crippen LogP contribution in [0.25, 0.3) is 11.6 Å². The van der Waals surface area contributed by atoms with Crippen molar-refractivity contribution < 1.29 is 9.21 Å². The lowest BCUT2D eigenvalue weighted by Crippen LogP contribution is -2.14. The number of Topliss-reactive ketones (excluding diaryl/α,β-unsaturated/α-hetero) is 1. The molecule has 1 unspecified atom stereocenters. The van der Waals surface area contributed by atoms with Crippen molar-refractivity contribution in [1.29, 1.82) is 5.26 Å². The van der Waals surface area contributed by atoms with E-state index in [1.54, 1.807) is 6.07 Å². The highest BCUT2D eigenvalue weighted by Crippen LogP contribution is 2.29. The molecule has 3 aromatic heterocycles. The first kappa shape index (κ1) is 21.5. The number of carbonyl (C=O) groups is 1. The van der Waals surface area contributed by atoms with Gasteiger partial charge in [-0.05, 0) is 40.5 Å². The van der Waals surface area contributed by atoms with Gasteiger partial charge < -0.3 is 4.42 Å². The molecule has 1 aromatic carbocycles. The number of nitrogens with zero attached hydrogens (tertiary/aromatic N) is 5. The average Bonchev–Trinajstić information content (AvgIpc) is 3.48. The van der Waals surface area contributed by atoms with Gasteiger partial charge in [-0.1, -0.05) is 42.1 Å². The maximum atomic E-state index is 12.7. The van der Waals surface area contributed by atoms with Gasteiger partial charge in [0.05, 0.1) is 18.4 Å². The largest absolute Gasteiger partial charge is 0.446 e. The summed E-state index contributed by atoms with van der Waals surface area (Å²) in [4.78, 5) is 17.0. The number of hydrogen-bond donors (Lipinski definition) is 0. The van der Waals surface area contributed by atoms with Gasteiger partial charge >= 0.3 is 0 Å². The molecule has 0 N–H and O–H groups in total. The van der Waals surface area contributed by atoms with Crippen LogP contribution < -0.4 is 0 Å². The number of ketones is 1. The topological polar surface area (TPSA) is 97.6 Å². The number of thioether (sulfide) groups is 1. The number of rotatable bonds is 8. The summed E-state index contributed by atoms with van der Waals surface area (Å²) >= 11 is 5.90. The summed E-state index contributed by atoms with van der Waals surface area (Å²) < 4.78 is 8.17. The van der Waals surface area contributed by atoms with E-state index in [0.717, 1.165) is 11.3 Å². The quantitative estimate of drug-likeness (QED) is 0.303. The van der Waals surface area contributed by atoms with Gasteiger partial charge in [-0.2, -0.15) is 5.26 Å². The summed E-state index contributed by atoms with van der Waals surface area (Å²) in [6.45, 7) is 2.36. The summed E-state index contributed by atoms with van der Waals surface area (Å²) in [5, 5.41) is 21.0. The third-order valence-electron chi connectivity index (χ3n) is 4.37. The fourth-order valence-corrected chi connectivity index (χ4v) is 4.92. The van der Waals surface area contributed by atoms with E-state index in [-0.39, 0.29) is 11.5 Å². The number of halogens is 1.